The number of likely N-dealkylation sites (tertiary alicyclic amines) is 1. The smallest absolute Gasteiger partial charge is 0.219 e. The van der Waals surface area contributed by atoms with E-state index in [0.29, 0.717) is 41.6 Å². The molecule has 0 spiro atoms. The number of hydrogen-bond acceptors (Lipinski definition) is 6. The van der Waals surface area contributed by atoms with Gasteiger partial charge in [0.15, 0.2) is 5.76 Å². The third-order valence-electron chi connectivity index (χ3n) is 6.69. The van der Waals surface area contributed by atoms with Crippen LogP contribution >= 0.6 is 0 Å². The Labute approximate surface area is 192 Å². The van der Waals surface area contributed by atoms with Crippen LogP contribution in [0, 0.1) is 29.6 Å². The third kappa shape index (κ3) is 4.06. The molecule has 4 atom stereocenters. The Hall–Kier alpha value is -3.41. The van der Waals surface area contributed by atoms with Crippen LogP contribution in [0.3, 0.4) is 0 Å². The Balaban J connectivity index is 1.27. The van der Waals surface area contributed by atoms with Crippen molar-refractivity contribution >= 4 is 5.91 Å². The first-order valence-electron chi connectivity index (χ1n) is 11.2. The van der Waals surface area contributed by atoms with E-state index in [1.807, 2.05) is 39.8 Å². The maximum Gasteiger partial charge on any atom is 0.219 e. The molecule has 3 N–H and O–H groups in total. The van der Waals surface area contributed by atoms with Gasteiger partial charge in [-0.3, -0.25) is 4.79 Å². The number of aliphatic hydroxyl groups is 1. The monoisotopic (exact) mass is 445 g/mol. The van der Waals surface area contributed by atoms with Gasteiger partial charge in [-0.2, -0.15) is 0 Å². The second-order valence-electron chi connectivity index (χ2n) is 8.86. The van der Waals surface area contributed by atoms with E-state index in [0.717, 1.165) is 24.2 Å². The zero-order valence-electron chi connectivity index (χ0n) is 18.7. The normalized spacial score (nSPS) is 22.9. The number of carbonyl (C=O) groups excluding carboxylic acids is 1. The summed E-state index contributed by atoms with van der Waals surface area (Å²) in [5.41, 5.74) is 8.53. The number of imidazole rings is 1. The zero-order valence-corrected chi connectivity index (χ0v) is 18.7. The zero-order chi connectivity index (χ0) is 23.1. The maximum atomic E-state index is 11.5. The minimum Gasteiger partial charge on any atom is -0.385 e. The maximum absolute atomic E-state index is 11.5. The summed E-state index contributed by atoms with van der Waals surface area (Å²) in [6.07, 6.45) is 2.71. The molecule has 33 heavy (non-hydrogen) atoms. The van der Waals surface area contributed by atoms with Crippen molar-refractivity contribution < 1.29 is 14.4 Å². The van der Waals surface area contributed by atoms with Crippen molar-refractivity contribution in [2.45, 2.75) is 26.0 Å². The highest BCUT2D eigenvalue weighted by Gasteiger charge is 2.55. The summed E-state index contributed by atoms with van der Waals surface area (Å²) < 4.78 is 7.42. The van der Waals surface area contributed by atoms with E-state index in [1.165, 1.54) is 0 Å². The number of rotatable bonds is 5. The van der Waals surface area contributed by atoms with Crippen LogP contribution in [0.15, 0.2) is 47.2 Å². The fourth-order valence-corrected chi connectivity index (χ4v) is 4.75. The van der Waals surface area contributed by atoms with Gasteiger partial charge in [-0.25, -0.2) is 4.98 Å². The van der Waals surface area contributed by atoms with Crippen LogP contribution in [0.4, 0.5) is 0 Å². The lowest BCUT2D eigenvalue weighted by molar-refractivity contribution is -0.128. The summed E-state index contributed by atoms with van der Waals surface area (Å²) in [4.78, 5) is 17.6. The third-order valence-corrected chi connectivity index (χ3v) is 6.69. The van der Waals surface area contributed by atoms with Crippen LogP contribution in [0.5, 0.6) is 0 Å². The first-order valence-corrected chi connectivity index (χ1v) is 11.2. The Morgan fingerprint density at radius 3 is 2.67 bits per heavy atom. The summed E-state index contributed by atoms with van der Waals surface area (Å²) in [5.74, 6) is 9.47. The molecule has 0 bridgehead atoms. The van der Waals surface area contributed by atoms with Gasteiger partial charge in [0.05, 0.1) is 6.04 Å². The molecule has 5 rings (SSSR count). The molecule has 2 fully saturated rings. The number of nitrogens with zero attached hydrogens (tertiary/aromatic N) is 4. The van der Waals surface area contributed by atoms with E-state index >= 15 is 0 Å². The lowest BCUT2D eigenvalue weighted by Crippen LogP contribution is -2.28. The van der Waals surface area contributed by atoms with Crippen molar-refractivity contribution in [1.82, 2.24) is 19.6 Å². The Kier molecular flexibility index (Phi) is 5.52. The average Bonchev–Trinajstić information content (AvgIpc) is 3.32. The number of carbonyl (C=O) groups is 1. The van der Waals surface area contributed by atoms with Gasteiger partial charge in [0.25, 0.3) is 0 Å². The lowest BCUT2D eigenvalue weighted by atomic mass is 10.1. The Morgan fingerprint density at radius 1 is 1.30 bits per heavy atom. The second-order valence-corrected chi connectivity index (χ2v) is 8.86. The van der Waals surface area contributed by atoms with E-state index in [-0.39, 0.29) is 11.9 Å². The van der Waals surface area contributed by atoms with Gasteiger partial charge in [0.2, 0.25) is 5.91 Å². The lowest BCUT2D eigenvalue weighted by Gasteiger charge is -2.17. The molecule has 1 saturated carbocycles. The molecule has 170 valence electrons. The number of aromatic nitrogens is 3. The second kappa shape index (κ2) is 8.50. The molecule has 1 saturated heterocycles. The van der Waals surface area contributed by atoms with E-state index in [4.69, 9.17) is 10.3 Å². The molecular weight excluding hydrogens is 418 g/mol. The largest absolute Gasteiger partial charge is 0.385 e. The predicted molar refractivity (Wildman–Crippen MR) is 122 cm³/mol. The number of nitrogens with two attached hydrogens (primary N) is 1. The van der Waals surface area contributed by atoms with Crippen LogP contribution < -0.4 is 5.73 Å². The summed E-state index contributed by atoms with van der Waals surface area (Å²) >= 11 is 0. The fraction of sp³-hybridized carbons (Fsp3) is 0.400. The SMILES string of the molecule is CC(=O)N1CC2C(C#Cc3ccc(-c4cc([C@@H](CN)n5ccnc5[C@H](C)O)no4)cc3)C2C1. The highest BCUT2D eigenvalue weighted by molar-refractivity contribution is 5.74. The molecule has 3 heterocycles. The van der Waals surface area contributed by atoms with E-state index < -0.39 is 6.10 Å². The molecule has 0 radical (unpaired) electrons. The van der Waals surface area contributed by atoms with Gasteiger partial charge in [-0.05, 0) is 43.0 Å². The molecule has 1 aromatic carbocycles. The Bertz CT molecular complexity index is 1200. The summed E-state index contributed by atoms with van der Waals surface area (Å²) in [7, 11) is 0. The van der Waals surface area contributed by atoms with Gasteiger partial charge >= 0.3 is 0 Å². The molecule has 8 heteroatoms. The van der Waals surface area contributed by atoms with Crippen LogP contribution in [0.25, 0.3) is 11.3 Å². The van der Waals surface area contributed by atoms with E-state index in [2.05, 4.69) is 22.0 Å². The summed E-state index contributed by atoms with van der Waals surface area (Å²) in [5, 5.41) is 14.2. The molecule has 1 aliphatic heterocycles. The van der Waals surface area contributed by atoms with Crippen molar-refractivity contribution in [2.24, 2.45) is 23.5 Å². The quantitative estimate of drug-likeness (QED) is 0.583. The first-order chi connectivity index (χ1) is 16.0. The number of hydrogen-bond donors (Lipinski definition) is 2. The molecule has 1 aliphatic carbocycles. The molecule has 1 amide bonds. The van der Waals surface area contributed by atoms with E-state index in [1.54, 1.807) is 26.2 Å². The fourth-order valence-electron chi connectivity index (χ4n) is 4.75. The standard InChI is InChI=1S/C25H27N5O3/c1-15(31)25-27-9-10-30(25)23(12-26)22-11-24(33-28-22)18-6-3-17(4-7-18)5-8-19-20-13-29(16(2)32)14-21(19)20/h3-4,6-7,9-11,15,19-21,23,31H,12-14,26H2,1-2H3/t15-,19?,20?,21?,23+/m0/s1. The van der Waals surface area contributed by atoms with Crippen molar-refractivity contribution in [2.75, 3.05) is 19.6 Å². The van der Waals surface area contributed by atoms with Crippen molar-refractivity contribution in [3.63, 3.8) is 0 Å². The Morgan fingerprint density at radius 2 is 2.03 bits per heavy atom. The van der Waals surface area contributed by atoms with Gasteiger partial charge in [-0.1, -0.05) is 17.0 Å². The predicted octanol–water partition coefficient (Wildman–Crippen LogP) is 2.22. The molecule has 8 nitrogen and oxygen atoms in total. The highest BCUT2D eigenvalue weighted by Crippen LogP contribution is 2.51. The number of fused-ring (bicyclic) bond motifs is 1. The number of benzene rings is 1. The summed E-state index contributed by atoms with van der Waals surface area (Å²) in [6, 6.07) is 9.48. The molecule has 3 aromatic rings. The number of amides is 1. The minimum atomic E-state index is -0.711. The first kappa shape index (κ1) is 21.4. The number of aliphatic hydroxyl groups excluding tert-OH is 1. The average molecular weight is 446 g/mol. The number of piperidine rings is 1. The van der Waals surface area contributed by atoms with Crippen LogP contribution in [-0.2, 0) is 4.79 Å². The van der Waals surface area contributed by atoms with Crippen molar-refractivity contribution in [3.8, 4) is 23.2 Å². The summed E-state index contributed by atoms with van der Waals surface area (Å²) in [6.45, 7) is 5.28. The molecule has 2 aromatic heterocycles. The van der Waals surface area contributed by atoms with Gasteiger partial charge < -0.3 is 24.8 Å². The van der Waals surface area contributed by atoms with Crippen molar-refractivity contribution in [1.29, 1.82) is 0 Å². The van der Waals surface area contributed by atoms with Gasteiger partial charge in [0.1, 0.15) is 17.6 Å². The van der Waals surface area contributed by atoms with Crippen LogP contribution in [0.2, 0.25) is 0 Å². The molecule has 2 aliphatic rings. The minimum absolute atomic E-state index is 0.159. The molecular formula is C25H27N5O3. The van der Waals surface area contributed by atoms with Crippen molar-refractivity contribution in [3.05, 3.63) is 59.8 Å². The van der Waals surface area contributed by atoms with Gasteiger partial charge in [-0.15, -0.1) is 0 Å². The molecule has 2 unspecified atom stereocenters. The van der Waals surface area contributed by atoms with Crippen LogP contribution in [0.1, 0.15) is 43.1 Å². The highest BCUT2D eigenvalue weighted by atomic mass is 16.5. The van der Waals surface area contributed by atoms with Crippen LogP contribution in [-0.4, -0.2) is 50.3 Å². The van der Waals surface area contributed by atoms with E-state index in [9.17, 15) is 9.90 Å². The topological polar surface area (TPSA) is 110 Å². The van der Waals surface area contributed by atoms with Gasteiger partial charge in [0, 0.05) is 62.1 Å².